The predicted molar refractivity (Wildman–Crippen MR) is 83.5 cm³/mol. The van der Waals surface area contributed by atoms with Crippen molar-refractivity contribution in [2.45, 2.75) is 6.92 Å². The third kappa shape index (κ3) is 2.88. The van der Waals surface area contributed by atoms with E-state index in [0.29, 0.717) is 5.95 Å². The lowest BCUT2D eigenvalue weighted by Crippen LogP contribution is -1.97. The molecule has 0 unspecified atom stereocenters. The van der Waals surface area contributed by atoms with E-state index < -0.39 is 0 Å². The average Bonchev–Trinajstić information content (AvgIpc) is 2.87. The van der Waals surface area contributed by atoms with Gasteiger partial charge < -0.3 is 5.32 Å². The molecule has 5 heteroatoms. The summed E-state index contributed by atoms with van der Waals surface area (Å²) in [6, 6.07) is 16.0. The molecular weight excluding hydrogens is 316 g/mol. The van der Waals surface area contributed by atoms with Crippen molar-refractivity contribution < 1.29 is 0 Å². The van der Waals surface area contributed by atoms with Crippen molar-refractivity contribution in [2.24, 2.45) is 0 Å². The van der Waals surface area contributed by atoms with E-state index in [2.05, 4.69) is 37.4 Å². The fraction of sp³-hybridized carbons (Fsp3) is 0.0667. The highest BCUT2D eigenvalue weighted by Crippen LogP contribution is 2.21. The van der Waals surface area contributed by atoms with Crippen LogP contribution in [-0.4, -0.2) is 14.8 Å². The molecule has 0 spiro atoms. The number of aromatic nitrogens is 3. The lowest BCUT2D eigenvalue weighted by Gasteiger charge is -2.04. The van der Waals surface area contributed by atoms with Crippen LogP contribution in [0.3, 0.4) is 0 Å². The van der Waals surface area contributed by atoms with Gasteiger partial charge in [-0.1, -0.05) is 34.1 Å². The first-order valence-electron chi connectivity index (χ1n) is 6.22. The molecule has 4 nitrogen and oxygen atoms in total. The van der Waals surface area contributed by atoms with Gasteiger partial charge in [-0.05, 0) is 42.8 Å². The van der Waals surface area contributed by atoms with E-state index in [9.17, 15) is 0 Å². The Morgan fingerprint density at radius 3 is 2.65 bits per heavy atom. The molecule has 1 N–H and O–H groups in total. The summed E-state index contributed by atoms with van der Waals surface area (Å²) in [5.74, 6) is 0.575. The molecule has 0 aliphatic rings. The number of aryl methyl sites for hydroxylation is 1. The Kier molecular flexibility index (Phi) is 3.52. The molecule has 0 saturated carbocycles. The fourth-order valence-electron chi connectivity index (χ4n) is 1.96. The van der Waals surface area contributed by atoms with Crippen LogP contribution < -0.4 is 5.32 Å². The lowest BCUT2D eigenvalue weighted by molar-refractivity contribution is 0.882. The van der Waals surface area contributed by atoms with Crippen molar-refractivity contribution in [3.05, 3.63) is 64.9 Å². The van der Waals surface area contributed by atoms with Crippen LogP contribution in [0.15, 0.2) is 59.3 Å². The average molecular weight is 329 g/mol. The van der Waals surface area contributed by atoms with Gasteiger partial charge in [0.2, 0.25) is 5.95 Å². The highest BCUT2D eigenvalue weighted by atomic mass is 79.9. The number of hydrogen-bond donors (Lipinski definition) is 1. The summed E-state index contributed by atoms with van der Waals surface area (Å²) < 4.78 is 2.77. The van der Waals surface area contributed by atoms with Crippen LogP contribution in [0.4, 0.5) is 11.6 Å². The summed E-state index contributed by atoms with van der Waals surface area (Å²) in [7, 11) is 0. The topological polar surface area (TPSA) is 42.7 Å². The molecule has 20 heavy (non-hydrogen) atoms. The molecule has 0 amide bonds. The van der Waals surface area contributed by atoms with E-state index in [1.807, 2.05) is 49.4 Å². The van der Waals surface area contributed by atoms with Crippen LogP contribution in [0.1, 0.15) is 5.56 Å². The Bertz CT molecular complexity index is 701. The molecule has 1 heterocycles. The molecule has 3 aromatic rings. The van der Waals surface area contributed by atoms with Gasteiger partial charge in [0.25, 0.3) is 0 Å². The van der Waals surface area contributed by atoms with E-state index in [1.54, 1.807) is 11.0 Å². The van der Waals surface area contributed by atoms with Crippen molar-refractivity contribution >= 4 is 27.6 Å². The van der Waals surface area contributed by atoms with Crippen molar-refractivity contribution in [2.75, 3.05) is 5.32 Å². The van der Waals surface area contributed by atoms with Crippen LogP contribution in [0.5, 0.6) is 0 Å². The minimum Gasteiger partial charge on any atom is -0.323 e. The van der Waals surface area contributed by atoms with Gasteiger partial charge in [0.1, 0.15) is 6.33 Å². The van der Waals surface area contributed by atoms with E-state index >= 15 is 0 Å². The van der Waals surface area contributed by atoms with Gasteiger partial charge in [-0.2, -0.15) is 4.98 Å². The maximum Gasteiger partial charge on any atom is 0.246 e. The second kappa shape index (κ2) is 5.46. The summed E-state index contributed by atoms with van der Waals surface area (Å²) in [4.78, 5) is 4.27. The number of halogens is 1. The SMILES string of the molecule is Cc1cc(Br)cc(Nc2ncn(-c3ccccc3)n2)c1. The summed E-state index contributed by atoms with van der Waals surface area (Å²) in [6.07, 6.45) is 1.70. The third-order valence-corrected chi connectivity index (χ3v) is 3.27. The van der Waals surface area contributed by atoms with Crippen molar-refractivity contribution in [1.29, 1.82) is 0 Å². The first kappa shape index (κ1) is 12.9. The second-order valence-corrected chi connectivity index (χ2v) is 5.41. The molecule has 0 radical (unpaired) electrons. The first-order chi connectivity index (χ1) is 9.70. The fourth-order valence-corrected chi connectivity index (χ4v) is 2.57. The Labute approximate surface area is 125 Å². The Balaban J connectivity index is 1.84. The zero-order chi connectivity index (χ0) is 13.9. The van der Waals surface area contributed by atoms with Crippen LogP contribution in [0, 0.1) is 6.92 Å². The Hall–Kier alpha value is -2.14. The molecule has 0 saturated heterocycles. The van der Waals surface area contributed by atoms with E-state index in [1.165, 1.54) is 5.56 Å². The number of hydrogen-bond acceptors (Lipinski definition) is 3. The van der Waals surface area contributed by atoms with Gasteiger partial charge in [-0.25, -0.2) is 4.68 Å². The first-order valence-corrected chi connectivity index (χ1v) is 7.01. The van der Waals surface area contributed by atoms with Crippen molar-refractivity contribution in [3.8, 4) is 5.69 Å². The number of nitrogens with zero attached hydrogens (tertiary/aromatic N) is 3. The van der Waals surface area contributed by atoms with Crippen LogP contribution in [-0.2, 0) is 0 Å². The molecule has 100 valence electrons. The molecule has 3 rings (SSSR count). The minimum absolute atomic E-state index is 0.575. The molecule has 0 fully saturated rings. The number of anilines is 2. The maximum atomic E-state index is 4.41. The predicted octanol–water partition coefficient (Wildman–Crippen LogP) is 4.08. The summed E-state index contributed by atoms with van der Waals surface area (Å²) in [5, 5.41) is 7.62. The van der Waals surface area contributed by atoms with Crippen LogP contribution in [0.2, 0.25) is 0 Å². The standard InChI is InChI=1S/C15H13BrN4/c1-11-7-12(16)9-13(8-11)18-15-17-10-20(19-15)14-5-3-2-4-6-14/h2-10H,1H3,(H,18,19). The second-order valence-electron chi connectivity index (χ2n) is 4.49. The molecule has 0 atom stereocenters. The summed E-state index contributed by atoms with van der Waals surface area (Å²) in [5.41, 5.74) is 3.12. The normalized spacial score (nSPS) is 10.5. The number of nitrogens with one attached hydrogen (secondary N) is 1. The molecule has 1 aromatic heterocycles. The van der Waals surface area contributed by atoms with Crippen LogP contribution >= 0.6 is 15.9 Å². The quantitative estimate of drug-likeness (QED) is 0.787. The zero-order valence-electron chi connectivity index (χ0n) is 10.9. The van der Waals surface area contributed by atoms with Gasteiger partial charge in [-0.15, -0.1) is 5.10 Å². The van der Waals surface area contributed by atoms with Gasteiger partial charge in [0.15, 0.2) is 0 Å². The molecular formula is C15H13BrN4. The van der Waals surface area contributed by atoms with Crippen LogP contribution in [0.25, 0.3) is 5.69 Å². The highest BCUT2D eigenvalue weighted by molar-refractivity contribution is 9.10. The van der Waals surface area contributed by atoms with E-state index in [4.69, 9.17) is 0 Å². The minimum atomic E-state index is 0.575. The van der Waals surface area contributed by atoms with Crippen molar-refractivity contribution in [3.63, 3.8) is 0 Å². The lowest BCUT2D eigenvalue weighted by atomic mass is 10.2. The van der Waals surface area contributed by atoms with Crippen molar-refractivity contribution in [1.82, 2.24) is 14.8 Å². The zero-order valence-corrected chi connectivity index (χ0v) is 12.5. The molecule has 2 aromatic carbocycles. The maximum absolute atomic E-state index is 4.41. The van der Waals surface area contributed by atoms with Gasteiger partial charge in [0.05, 0.1) is 5.69 Å². The van der Waals surface area contributed by atoms with E-state index in [0.717, 1.165) is 15.8 Å². The largest absolute Gasteiger partial charge is 0.323 e. The van der Waals surface area contributed by atoms with E-state index in [-0.39, 0.29) is 0 Å². The molecule has 0 aliphatic carbocycles. The highest BCUT2D eigenvalue weighted by Gasteiger charge is 2.03. The summed E-state index contributed by atoms with van der Waals surface area (Å²) in [6.45, 7) is 2.05. The third-order valence-electron chi connectivity index (χ3n) is 2.81. The molecule has 0 aliphatic heterocycles. The number of benzene rings is 2. The summed E-state index contributed by atoms with van der Waals surface area (Å²) >= 11 is 3.48. The molecule has 0 bridgehead atoms. The van der Waals surface area contributed by atoms with Gasteiger partial charge in [0, 0.05) is 10.2 Å². The Morgan fingerprint density at radius 1 is 1.10 bits per heavy atom. The Morgan fingerprint density at radius 2 is 1.90 bits per heavy atom. The monoisotopic (exact) mass is 328 g/mol. The number of rotatable bonds is 3. The smallest absolute Gasteiger partial charge is 0.246 e. The number of para-hydroxylation sites is 1. The van der Waals surface area contributed by atoms with Gasteiger partial charge >= 0.3 is 0 Å². The van der Waals surface area contributed by atoms with Gasteiger partial charge in [-0.3, -0.25) is 0 Å².